The van der Waals surface area contributed by atoms with E-state index in [-0.39, 0.29) is 4.77 Å². The quantitative estimate of drug-likeness (QED) is 0.662. The van der Waals surface area contributed by atoms with E-state index in [1.165, 1.54) is 6.21 Å². The molecule has 0 amide bonds. The van der Waals surface area contributed by atoms with Crippen LogP contribution in [-0.2, 0) is 6.18 Å². The van der Waals surface area contributed by atoms with Crippen molar-refractivity contribution < 1.29 is 17.9 Å². The highest BCUT2D eigenvalue weighted by atomic mass is 32.1. The molecule has 0 spiro atoms. The fourth-order valence-electron chi connectivity index (χ4n) is 1.62. The maximum absolute atomic E-state index is 12.8. The van der Waals surface area contributed by atoms with Crippen molar-refractivity contribution >= 4 is 18.4 Å². The lowest BCUT2D eigenvalue weighted by molar-refractivity contribution is -0.147. The Morgan fingerprint density at radius 3 is 2.57 bits per heavy atom. The molecule has 5 nitrogen and oxygen atoms in total. The first kappa shape index (κ1) is 17.2. The molecule has 0 bridgehead atoms. The van der Waals surface area contributed by atoms with Crippen molar-refractivity contribution in [2.24, 2.45) is 11.0 Å². The zero-order valence-corrected chi connectivity index (χ0v) is 13.3. The maximum Gasteiger partial charge on any atom is 0.453 e. The molecule has 1 heterocycles. The highest BCUT2D eigenvalue weighted by Gasteiger charge is 2.37. The number of halogens is 3. The number of ether oxygens (including phenoxy) is 1. The summed E-state index contributed by atoms with van der Waals surface area (Å²) in [6, 6.07) is 6.83. The molecule has 0 radical (unpaired) electrons. The Bertz CT molecular complexity index is 732. The first-order valence-corrected chi connectivity index (χ1v) is 7.20. The van der Waals surface area contributed by atoms with Crippen molar-refractivity contribution in [3.8, 4) is 5.75 Å². The average molecular weight is 344 g/mol. The molecule has 0 atom stereocenters. The van der Waals surface area contributed by atoms with E-state index in [4.69, 9.17) is 17.0 Å². The number of H-pyrrole nitrogens is 1. The van der Waals surface area contributed by atoms with Crippen LogP contribution in [0.2, 0.25) is 0 Å². The van der Waals surface area contributed by atoms with Gasteiger partial charge in [0.2, 0.25) is 4.77 Å². The first-order valence-electron chi connectivity index (χ1n) is 6.79. The Morgan fingerprint density at radius 1 is 1.35 bits per heavy atom. The molecule has 0 aliphatic carbocycles. The van der Waals surface area contributed by atoms with Crippen LogP contribution in [0.5, 0.6) is 5.75 Å². The molecule has 9 heteroatoms. The normalized spacial score (nSPS) is 12.3. The molecule has 0 aliphatic heterocycles. The summed E-state index contributed by atoms with van der Waals surface area (Å²) in [5.74, 6) is -0.109. The van der Waals surface area contributed by atoms with Gasteiger partial charge < -0.3 is 4.74 Å². The van der Waals surface area contributed by atoms with Gasteiger partial charge in [-0.2, -0.15) is 22.9 Å². The number of aromatic nitrogens is 3. The number of hydrogen-bond acceptors (Lipinski definition) is 4. The van der Waals surface area contributed by atoms with Crippen molar-refractivity contribution in [3.63, 3.8) is 0 Å². The molecule has 1 N–H and O–H groups in total. The fraction of sp³-hybridized carbons (Fsp3) is 0.357. The van der Waals surface area contributed by atoms with Crippen LogP contribution in [0.1, 0.15) is 25.2 Å². The van der Waals surface area contributed by atoms with E-state index < -0.39 is 12.0 Å². The lowest BCUT2D eigenvalue weighted by Crippen LogP contribution is -2.12. The van der Waals surface area contributed by atoms with Crippen LogP contribution in [0.3, 0.4) is 0 Å². The summed E-state index contributed by atoms with van der Waals surface area (Å²) in [6.45, 7) is 4.66. The SMILES string of the molecule is CC(C)COc1ccc(/C=N\n2c(C(F)(F)F)n[nH]c2=S)cc1. The number of alkyl halides is 3. The summed E-state index contributed by atoms with van der Waals surface area (Å²) in [6.07, 6.45) is -3.37. The predicted octanol–water partition coefficient (Wildman–Crippen LogP) is 3.88. The summed E-state index contributed by atoms with van der Waals surface area (Å²) in [4.78, 5) is 0. The van der Waals surface area contributed by atoms with Gasteiger partial charge >= 0.3 is 6.18 Å². The largest absolute Gasteiger partial charge is 0.493 e. The monoisotopic (exact) mass is 344 g/mol. The number of benzene rings is 1. The molecule has 0 saturated heterocycles. The van der Waals surface area contributed by atoms with Gasteiger partial charge in [-0.1, -0.05) is 13.8 Å². The van der Waals surface area contributed by atoms with E-state index in [0.29, 0.717) is 28.5 Å². The molecule has 0 fully saturated rings. The highest BCUT2D eigenvalue weighted by Crippen LogP contribution is 2.27. The van der Waals surface area contributed by atoms with E-state index in [2.05, 4.69) is 15.3 Å². The second kappa shape index (κ2) is 6.95. The van der Waals surface area contributed by atoms with Crippen LogP contribution in [0.4, 0.5) is 13.2 Å². The van der Waals surface area contributed by atoms with Crippen LogP contribution < -0.4 is 4.74 Å². The van der Waals surface area contributed by atoms with Gasteiger partial charge in [-0.25, -0.2) is 5.10 Å². The van der Waals surface area contributed by atoms with E-state index in [9.17, 15) is 13.2 Å². The maximum atomic E-state index is 12.8. The summed E-state index contributed by atoms with van der Waals surface area (Å²) < 4.78 is 44.1. The standard InChI is InChI=1S/C14H15F3N4OS/c1-9(2)8-22-11-5-3-10(4-6-11)7-18-21-12(14(15,16)17)19-20-13(21)23/h3-7,9H,8H2,1-2H3,(H,20,23)/b18-7-. The number of aromatic amines is 1. The van der Waals surface area contributed by atoms with Crippen molar-refractivity contribution in [1.29, 1.82) is 0 Å². The van der Waals surface area contributed by atoms with Crippen LogP contribution in [-0.4, -0.2) is 27.7 Å². The minimum atomic E-state index is -4.64. The number of rotatable bonds is 5. The van der Waals surface area contributed by atoms with Crippen molar-refractivity contribution in [2.75, 3.05) is 6.61 Å². The minimum Gasteiger partial charge on any atom is -0.493 e. The molecule has 0 aliphatic rings. The van der Waals surface area contributed by atoms with Crippen molar-refractivity contribution in [2.45, 2.75) is 20.0 Å². The van der Waals surface area contributed by atoms with Gasteiger partial charge in [0.05, 0.1) is 12.8 Å². The smallest absolute Gasteiger partial charge is 0.453 e. The van der Waals surface area contributed by atoms with Crippen molar-refractivity contribution in [1.82, 2.24) is 14.9 Å². The van der Waals surface area contributed by atoms with Gasteiger partial charge in [-0.3, -0.25) is 0 Å². The molecule has 2 aromatic rings. The van der Waals surface area contributed by atoms with Gasteiger partial charge in [0, 0.05) is 0 Å². The van der Waals surface area contributed by atoms with E-state index >= 15 is 0 Å². The number of nitrogens with zero attached hydrogens (tertiary/aromatic N) is 3. The van der Waals surface area contributed by atoms with E-state index in [1.807, 2.05) is 13.8 Å². The zero-order valence-electron chi connectivity index (χ0n) is 12.5. The molecule has 0 saturated carbocycles. The Hall–Kier alpha value is -2.16. The third-order valence-corrected chi connectivity index (χ3v) is 2.95. The third-order valence-electron chi connectivity index (χ3n) is 2.69. The summed E-state index contributed by atoms with van der Waals surface area (Å²) in [5, 5.41) is 8.96. The average Bonchev–Trinajstić information content (AvgIpc) is 2.85. The van der Waals surface area contributed by atoms with E-state index in [1.54, 1.807) is 24.3 Å². The molecular weight excluding hydrogens is 329 g/mol. The Labute approximate surface area is 135 Å². The summed E-state index contributed by atoms with van der Waals surface area (Å²) in [7, 11) is 0. The summed E-state index contributed by atoms with van der Waals surface area (Å²) >= 11 is 4.75. The van der Waals surface area contributed by atoms with E-state index in [0.717, 1.165) is 0 Å². The molecule has 23 heavy (non-hydrogen) atoms. The van der Waals surface area contributed by atoms with Gasteiger partial charge in [0.1, 0.15) is 5.75 Å². The highest BCUT2D eigenvalue weighted by molar-refractivity contribution is 7.71. The summed E-state index contributed by atoms with van der Waals surface area (Å²) in [5.41, 5.74) is 0.609. The van der Waals surface area contributed by atoms with Crippen molar-refractivity contribution in [3.05, 3.63) is 40.4 Å². The fourth-order valence-corrected chi connectivity index (χ4v) is 1.80. The zero-order chi connectivity index (χ0) is 17.0. The van der Waals surface area contributed by atoms with Crippen LogP contribution >= 0.6 is 12.2 Å². The van der Waals surface area contributed by atoms with Gasteiger partial charge in [0.15, 0.2) is 0 Å². The Kier molecular flexibility index (Phi) is 5.19. The molecule has 0 unspecified atom stereocenters. The Balaban J connectivity index is 2.15. The lowest BCUT2D eigenvalue weighted by Gasteiger charge is -2.08. The van der Waals surface area contributed by atoms with Crippen LogP contribution in [0, 0.1) is 10.7 Å². The second-order valence-corrected chi connectivity index (χ2v) is 5.57. The molecule has 1 aromatic carbocycles. The lowest BCUT2D eigenvalue weighted by atomic mass is 10.2. The van der Waals surface area contributed by atoms with Gasteiger partial charge in [0.25, 0.3) is 5.82 Å². The molecule has 2 rings (SSSR count). The van der Waals surface area contributed by atoms with Gasteiger partial charge in [-0.05, 0) is 48.0 Å². The molecular formula is C14H15F3N4OS. The van der Waals surface area contributed by atoms with Crippen LogP contribution in [0.15, 0.2) is 29.4 Å². The molecule has 124 valence electrons. The minimum absolute atomic E-state index is 0.231. The van der Waals surface area contributed by atoms with Crippen LogP contribution in [0.25, 0.3) is 0 Å². The topological polar surface area (TPSA) is 55.2 Å². The Morgan fingerprint density at radius 2 is 2.00 bits per heavy atom. The number of nitrogens with one attached hydrogen (secondary N) is 1. The number of hydrogen-bond donors (Lipinski definition) is 1. The second-order valence-electron chi connectivity index (χ2n) is 5.18. The third kappa shape index (κ3) is 4.65. The predicted molar refractivity (Wildman–Crippen MR) is 82.2 cm³/mol. The van der Waals surface area contributed by atoms with Gasteiger partial charge in [-0.15, -0.1) is 5.10 Å². The first-order chi connectivity index (χ1) is 10.8. The molecule has 1 aromatic heterocycles.